The van der Waals surface area contributed by atoms with E-state index in [0.717, 1.165) is 0 Å². The van der Waals surface area contributed by atoms with E-state index in [1.54, 1.807) is 6.07 Å². The smallest absolute Gasteiger partial charge is 0.216 e. The predicted molar refractivity (Wildman–Crippen MR) is 86.9 cm³/mol. The second-order valence-corrected chi connectivity index (χ2v) is 6.86. The van der Waals surface area contributed by atoms with Gasteiger partial charge in [0.15, 0.2) is 11.5 Å². The highest BCUT2D eigenvalue weighted by atomic mass is 35.5. The molecule has 0 aliphatic heterocycles. The molecule has 23 heavy (non-hydrogen) atoms. The van der Waals surface area contributed by atoms with Crippen molar-refractivity contribution in [3.8, 4) is 17.6 Å². The second kappa shape index (κ2) is 6.73. The Labute approximate surface area is 138 Å². The van der Waals surface area contributed by atoms with Crippen LogP contribution in [-0.2, 0) is 9.84 Å². The minimum Gasteiger partial charge on any atom is -0.504 e. The van der Waals surface area contributed by atoms with Crippen molar-refractivity contribution >= 4 is 27.5 Å². The quantitative estimate of drug-likeness (QED) is 0.855. The number of halogens is 1. The summed E-state index contributed by atoms with van der Waals surface area (Å²) in [7, 11) is -2.57. The first-order valence-electron chi connectivity index (χ1n) is 6.38. The number of hydrogen-bond acceptors (Lipinski definition) is 5. The van der Waals surface area contributed by atoms with Gasteiger partial charge in [-0.25, -0.2) is 8.42 Å². The molecule has 5 nitrogen and oxygen atoms in total. The zero-order valence-corrected chi connectivity index (χ0v) is 13.6. The van der Waals surface area contributed by atoms with Crippen LogP contribution < -0.4 is 4.74 Å². The van der Waals surface area contributed by atoms with E-state index in [9.17, 15) is 18.8 Å². The molecule has 0 aliphatic carbocycles. The number of nitrogens with zero attached hydrogens (tertiary/aromatic N) is 1. The molecule has 0 saturated heterocycles. The molecule has 2 aromatic rings. The normalized spacial score (nSPS) is 11.8. The Morgan fingerprint density at radius 1 is 1.26 bits per heavy atom. The first kappa shape index (κ1) is 16.9. The minimum atomic E-state index is -3.97. The van der Waals surface area contributed by atoms with Gasteiger partial charge < -0.3 is 9.84 Å². The number of phenolic OH excluding ortho intramolecular Hbond substituents is 1. The Kier molecular flexibility index (Phi) is 4.94. The van der Waals surface area contributed by atoms with Gasteiger partial charge in [-0.3, -0.25) is 0 Å². The van der Waals surface area contributed by atoms with Crippen LogP contribution in [0.3, 0.4) is 0 Å². The topological polar surface area (TPSA) is 87.4 Å². The van der Waals surface area contributed by atoms with Gasteiger partial charge >= 0.3 is 0 Å². The highest BCUT2D eigenvalue weighted by Crippen LogP contribution is 2.28. The van der Waals surface area contributed by atoms with Crippen molar-refractivity contribution in [3.05, 3.63) is 58.0 Å². The van der Waals surface area contributed by atoms with Gasteiger partial charge in [0.1, 0.15) is 11.0 Å². The molecular formula is C16H12ClNO4S. The Balaban J connectivity index is 2.48. The molecule has 118 valence electrons. The van der Waals surface area contributed by atoms with E-state index in [2.05, 4.69) is 0 Å². The molecule has 0 amide bonds. The van der Waals surface area contributed by atoms with Gasteiger partial charge in [-0.1, -0.05) is 17.7 Å². The fourth-order valence-electron chi connectivity index (χ4n) is 1.86. The fraction of sp³-hybridized carbons (Fsp3) is 0.0625. The van der Waals surface area contributed by atoms with Crippen molar-refractivity contribution in [2.45, 2.75) is 4.90 Å². The number of benzene rings is 2. The Hall–Kier alpha value is -2.49. The van der Waals surface area contributed by atoms with Crippen LogP contribution in [0.5, 0.6) is 11.5 Å². The van der Waals surface area contributed by atoms with Crippen LogP contribution in [0.15, 0.2) is 52.3 Å². The first-order valence-corrected chi connectivity index (χ1v) is 8.24. The molecule has 0 bridgehead atoms. The van der Waals surface area contributed by atoms with Crippen LogP contribution in [0.2, 0.25) is 5.02 Å². The van der Waals surface area contributed by atoms with Gasteiger partial charge in [0, 0.05) is 5.02 Å². The van der Waals surface area contributed by atoms with Crippen molar-refractivity contribution in [2.24, 2.45) is 0 Å². The van der Waals surface area contributed by atoms with E-state index in [0.29, 0.717) is 10.6 Å². The molecular weight excluding hydrogens is 338 g/mol. The zero-order chi connectivity index (χ0) is 17.0. The molecule has 0 fully saturated rings. The number of allylic oxidation sites excluding steroid dienone is 1. The molecule has 7 heteroatoms. The van der Waals surface area contributed by atoms with E-state index in [1.165, 1.54) is 55.7 Å². The molecule has 0 aromatic heterocycles. The van der Waals surface area contributed by atoms with Crippen molar-refractivity contribution in [1.82, 2.24) is 0 Å². The van der Waals surface area contributed by atoms with Crippen molar-refractivity contribution in [2.75, 3.05) is 7.11 Å². The van der Waals surface area contributed by atoms with Crippen LogP contribution >= 0.6 is 11.6 Å². The van der Waals surface area contributed by atoms with Gasteiger partial charge in [0.25, 0.3) is 0 Å². The third kappa shape index (κ3) is 3.65. The number of sulfone groups is 1. The lowest BCUT2D eigenvalue weighted by atomic mass is 10.2. The molecule has 0 spiro atoms. The van der Waals surface area contributed by atoms with Crippen molar-refractivity contribution < 1.29 is 18.3 Å². The first-order chi connectivity index (χ1) is 10.9. The molecule has 0 heterocycles. The summed E-state index contributed by atoms with van der Waals surface area (Å²) < 4.78 is 29.8. The van der Waals surface area contributed by atoms with Gasteiger partial charge in [0.05, 0.1) is 12.0 Å². The molecule has 0 saturated carbocycles. The number of aromatic hydroxyl groups is 1. The summed E-state index contributed by atoms with van der Waals surface area (Å²) >= 11 is 5.74. The van der Waals surface area contributed by atoms with Crippen molar-refractivity contribution in [1.29, 1.82) is 5.26 Å². The van der Waals surface area contributed by atoms with Gasteiger partial charge in [0.2, 0.25) is 9.84 Å². The van der Waals surface area contributed by atoms with Gasteiger partial charge in [-0.05, 0) is 48.0 Å². The summed E-state index contributed by atoms with van der Waals surface area (Å²) in [6, 6.07) is 11.5. The van der Waals surface area contributed by atoms with E-state index < -0.39 is 14.7 Å². The summed E-state index contributed by atoms with van der Waals surface area (Å²) in [5.41, 5.74) is 0.359. The molecule has 0 unspecified atom stereocenters. The highest BCUT2D eigenvalue weighted by molar-refractivity contribution is 7.95. The summed E-state index contributed by atoms with van der Waals surface area (Å²) in [6.07, 6.45) is 1.18. The number of nitriles is 1. The number of rotatable bonds is 4. The maximum atomic E-state index is 12.5. The Morgan fingerprint density at radius 2 is 1.91 bits per heavy atom. The lowest BCUT2D eigenvalue weighted by Gasteiger charge is -2.05. The standard InChI is InChI=1S/C16H12ClNO4S/c1-22-16-7-2-11(9-15(16)19)8-14(10-18)23(20,21)13-5-3-12(17)4-6-13/h2-9,19H,1H3. The van der Waals surface area contributed by atoms with E-state index in [-0.39, 0.29) is 16.4 Å². The summed E-state index contributed by atoms with van der Waals surface area (Å²) in [5.74, 6) is 0.101. The van der Waals surface area contributed by atoms with Crippen LogP contribution in [0.1, 0.15) is 5.56 Å². The monoisotopic (exact) mass is 349 g/mol. The number of methoxy groups -OCH3 is 1. The third-order valence-electron chi connectivity index (χ3n) is 3.02. The summed E-state index contributed by atoms with van der Waals surface area (Å²) in [6.45, 7) is 0. The maximum absolute atomic E-state index is 12.5. The zero-order valence-electron chi connectivity index (χ0n) is 12.0. The lowest BCUT2D eigenvalue weighted by molar-refractivity contribution is 0.373. The van der Waals surface area contributed by atoms with E-state index in [4.69, 9.17) is 16.3 Å². The van der Waals surface area contributed by atoms with Crippen LogP contribution in [-0.4, -0.2) is 20.6 Å². The van der Waals surface area contributed by atoms with Crippen molar-refractivity contribution in [3.63, 3.8) is 0 Å². The van der Waals surface area contributed by atoms with Gasteiger partial charge in [-0.15, -0.1) is 0 Å². The van der Waals surface area contributed by atoms with Crippen LogP contribution in [0.25, 0.3) is 6.08 Å². The maximum Gasteiger partial charge on any atom is 0.216 e. The minimum absolute atomic E-state index is 0.0348. The second-order valence-electron chi connectivity index (χ2n) is 4.51. The summed E-state index contributed by atoms with van der Waals surface area (Å²) in [4.78, 5) is -0.475. The van der Waals surface area contributed by atoms with Crippen LogP contribution in [0, 0.1) is 11.3 Å². The highest BCUT2D eigenvalue weighted by Gasteiger charge is 2.20. The van der Waals surface area contributed by atoms with E-state index >= 15 is 0 Å². The number of hydrogen-bond donors (Lipinski definition) is 1. The Morgan fingerprint density at radius 3 is 2.43 bits per heavy atom. The average molecular weight is 350 g/mol. The number of ether oxygens (including phenoxy) is 1. The Bertz CT molecular complexity index is 897. The lowest BCUT2D eigenvalue weighted by Crippen LogP contribution is -2.03. The molecule has 2 rings (SSSR count). The third-order valence-corrected chi connectivity index (χ3v) is 4.96. The molecule has 0 atom stereocenters. The SMILES string of the molecule is COc1ccc(C=C(C#N)S(=O)(=O)c2ccc(Cl)cc2)cc1O. The predicted octanol–water partition coefficient (Wildman–Crippen LogP) is 3.39. The largest absolute Gasteiger partial charge is 0.504 e. The average Bonchev–Trinajstić information content (AvgIpc) is 2.53. The molecule has 0 radical (unpaired) electrons. The fourth-order valence-corrected chi connectivity index (χ4v) is 3.14. The number of phenols is 1. The van der Waals surface area contributed by atoms with E-state index in [1.807, 2.05) is 0 Å². The van der Waals surface area contributed by atoms with Crippen LogP contribution in [0.4, 0.5) is 0 Å². The molecule has 1 N–H and O–H groups in total. The molecule has 2 aromatic carbocycles. The molecule has 0 aliphatic rings. The van der Waals surface area contributed by atoms with Gasteiger partial charge in [-0.2, -0.15) is 5.26 Å². The summed E-state index contributed by atoms with van der Waals surface area (Å²) in [5, 5.41) is 19.3.